The van der Waals surface area contributed by atoms with Gasteiger partial charge in [0.15, 0.2) is 0 Å². The summed E-state index contributed by atoms with van der Waals surface area (Å²) in [6, 6.07) is 0. The van der Waals surface area contributed by atoms with Crippen LogP contribution in [0.25, 0.3) is 0 Å². The molecule has 2 saturated heterocycles. The third-order valence-corrected chi connectivity index (χ3v) is 3.37. The van der Waals surface area contributed by atoms with Crippen molar-refractivity contribution in [3.8, 4) is 0 Å². The average Bonchev–Trinajstić information content (AvgIpc) is 2.81. The van der Waals surface area contributed by atoms with Gasteiger partial charge in [0, 0.05) is 19.7 Å². The predicted octanol–water partition coefficient (Wildman–Crippen LogP) is 0.363. The molecule has 86 valence electrons. The van der Waals surface area contributed by atoms with Gasteiger partial charge in [-0.05, 0) is 38.1 Å². The molecule has 0 aliphatic carbocycles. The van der Waals surface area contributed by atoms with Crippen molar-refractivity contribution in [3.63, 3.8) is 0 Å². The highest BCUT2D eigenvalue weighted by molar-refractivity contribution is 5.81. The van der Waals surface area contributed by atoms with Crippen LogP contribution in [0.5, 0.6) is 0 Å². The van der Waals surface area contributed by atoms with Crippen molar-refractivity contribution < 1.29 is 9.53 Å². The molecule has 15 heavy (non-hydrogen) atoms. The molecule has 0 bridgehead atoms. The Hall–Kier alpha value is -0.610. The number of ether oxygens (including phenoxy) is 1. The van der Waals surface area contributed by atoms with Gasteiger partial charge >= 0.3 is 0 Å². The van der Waals surface area contributed by atoms with Crippen molar-refractivity contribution in [1.82, 2.24) is 4.90 Å². The van der Waals surface area contributed by atoms with Crippen LogP contribution in [0.15, 0.2) is 0 Å². The lowest BCUT2D eigenvalue weighted by molar-refractivity contribution is -0.142. The molecule has 2 N–H and O–H groups in total. The van der Waals surface area contributed by atoms with E-state index < -0.39 is 0 Å². The highest BCUT2D eigenvalue weighted by atomic mass is 16.5. The van der Waals surface area contributed by atoms with Gasteiger partial charge in [-0.25, -0.2) is 0 Å². The molecule has 2 fully saturated rings. The lowest BCUT2D eigenvalue weighted by Gasteiger charge is -2.33. The number of carbonyl (C=O) groups excluding carboxylic acids is 1. The highest BCUT2D eigenvalue weighted by Gasteiger charge is 2.30. The van der Waals surface area contributed by atoms with Crippen LogP contribution >= 0.6 is 0 Å². The maximum Gasteiger partial charge on any atom is 0.251 e. The SMILES string of the molecule is NCC1CCCN(C(=O)[C@H]2CCCO2)C1. The first-order valence-electron chi connectivity index (χ1n) is 5.91. The van der Waals surface area contributed by atoms with E-state index in [1.54, 1.807) is 0 Å². The van der Waals surface area contributed by atoms with Gasteiger partial charge in [0.05, 0.1) is 0 Å². The maximum absolute atomic E-state index is 12.0. The Kier molecular flexibility index (Phi) is 3.59. The summed E-state index contributed by atoms with van der Waals surface area (Å²) >= 11 is 0. The first-order chi connectivity index (χ1) is 7.31. The quantitative estimate of drug-likeness (QED) is 0.719. The lowest BCUT2D eigenvalue weighted by Crippen LogP contribution is -2.46. The number of amides is 1. The second-order valence-electron chi connectivity index (χ2n) is 4.53. The molecule has 0 spiro atoms. The summed E-state index contributed by atoms with van der Waals surface area (Å²) in [5, 5.41) is 0. The van der Waals surface area contributed by atoms with Crippen LogP contribution in [-0.2, 0) is 9.53 Å². The number of rotatable bonds is 2. The summed E-state index contributed by atoms with van der Waals surface area (Å²) in [5.41, 5.74) is 5.65. The standard InChI is InChI=1S/C11H20N2O2/c12-7-9-3-1-5-13(8-9)11(14)10-4-2-6-15-10/h9-10H,1-8,12H2/t9?,10-/m1/s1. The Morgan fingerprint density at radius 1 is 1.40 bits per heavy atom. The summed E-state index contributed by atoms with van der Waals surface area (Å²) in [5.74, 6) is 0.676. The molecule has 2 aliphatic heterocycles. The fourth-order valence-electron chi connectivity index (χ4n) is 2.43. The average molecular weight is 212 g/mol. The number of likely N-dealkylation sites (tertiary alicyclic amines) is 1. The van der Waals surface area contributed by atoms with Crippen molar-refractivity contribution >= 4 is 5.91 Å². The lowest BCUT2D eigenvalue weighted by atomic mass is 9.98. The Morgan fingerprint density at radius 3 is 2.93 bits per heavy atom. The predicted molar refractivity (Wildman–Crippen MR) is 57.3 cm³/mol. The second kappa shape index (κ2) is 4.94. The van der Waals surface area contributed by atoms with Gasteiger partial charge in [-0.15, -0.1) is 0 Å². The van der Waals surface area contributed by atoms with Crippen LogP contribution in [0.4, 0.5) is 0 Å². The van der Waals surface area contributed by atoms with Crippen LogP contribution in [0, 0.1) is 5.92 Å². The van der Waals surface area contributed by atoms with E-state index >= 15 is 0 Å². The normalized spacial score (nSPS) is 31.9. The number of nitrogens with two attached hydrogens (primary N) is 1. The number of hydrogen-bond donors (Lipinski definition) is 1. The highest BCUT2D eigenvalue weighted by Crippen LogP contribution is 2.20. The zero-order chi connectivity index (χ0) is 10.7. The molecule has 0 aromatic heterocycles. The Balaban J connectivity index is 1.88. The molecule has 0 saturated carbocycles. The molecule has 4 nitrogen and oxygen atoms in total. The van der Waals surface area contributed by atoms with Crippen molar-refractivity contribution in [2.75, 3.05) is 26.2 Å². The number of nitrogens with zero attached hydrogens (tertiary/aromatic N) is 1. The summed E-state index contributed by atoms with van der Waals surface area (Å²) in [6.07, 6.45) is 3.99. The van der Waals surface area contributed by atoms with Gasteiger partial charge in [-0.2, -0.15) is 0 Å². The smallest absolute Gasteiger partial charge is 0.251 e. The fourth-order valence-corrected chi connectivity index (χ4v) is 2.43. The minimum Gasteiger partial charge on any atom is -0.368 e. The molecule has 1 unspecified atom stereocenters. The Bertz CT molecular complexity index is 227. The van der Waals surface area contributed by atoms with E-state index in [9.17, 15) is 4.79 Å². The molecule has 2 aliphatic rings. The molecular weight excluding hydrogens is 192 g/mol. The van der Waals surface area contributed by atoms with Crippen molar-refractivity contribution in [1.29, 1.82) is 0 Å². The van der Waals surface area contributed by atoms with Gasteiger partial charge in [-0.1, -0.05) is 0 Å². The monoisotopic (exact) mass is 212 g/mol. The zero-order valence-corrected chi connectivity index (χ0v) is 9.15. The van der Waals surface area contributed by atoms with E-state index in [2.05, 4.69) is 0 Å². The van der Waals surface area contributed by atoms with E-state index in [1.807, 2.05) is 4.90 Å². The summed E-state index contributed by atoms with van der Waals surface area (Å²) < 4.78 is 5.41. The molecule has 0 aromatic rings. The van der Waals surface area contributed by atoms with E-state index in [1.165, 1.54) is 0 Å². The molecule has 0 radical (unpaired) electrons. The Labute approximate surface area is 90.8 Å². The molecule has 4 heteroatoms. The van der Waals surface area contributed by atoms with Crippen LogP contribution < -0.4 is 5.73 Å². The molecule has 2 heterocycles. The van der Waals surface area contributed by atoms with Crippen LogP contribution in [0.2, 0.25) is 0 Å². The van der Waals surface area contributed by atoms with E-state index in [0.717, 1.165) is 45.4 Å². The van der Waals surface area contributed by atoms with E-state index in [0.29, 0.717) is 12.5 Å². The minimum atomic E-state index is -0.165. The first kappa shape index (κ1) is 10.9. The van der Waals surface area contributed by atoms with Crippen LogP contribution in [0.3, 0.4) is 0 Å². The van der Waals surface area contributed by atoms with Crippen molar-refractivity contribution in [2.45, 2.75) is 31.8 Å². The Morgan fingerprint density at radius 2 is 2.27 bits per heavy atom. The third kappa shape index (κ3) is 2.49. The van der Waals surface area contributed by atoms with Gasteiger partial charge in [0.1, 0.15) is 6.10 Å². The first-order valence-corrected chi connectivity index (χ1v) is 5.91. The van der Waals surface area contributed by atoms with Crippen LogP contribution in [-0.4, -0.2) is 43.2 Å². The third-order valence-electron chi connectivity index (χ3n) is 3.37. The molecule has 2 rings (SSSR count). The maximum atomic E-state index is 12.0. The van der Waals surface area contributed by atoms with Gasteiger partial charge < -0.3 is 15.4 Å². The van der Waals surface area contributed by atoms with Gasteiger partial charge in [-0.3, -0.25) is 4.79 Å². The van der Waals surface area contributed by atoms with E-state index in [4.69, 9.17) is 10.5 Å². The minimum absolute atomic E-state index is 0.165. The summed E-state index contributed by atoms with van der Waals surface area (Å²) in [6.45, 7) is 3.14. The van der Waals surface area contributed by atoms with E-state index in [-0.39, 0.29) is 12.0 Å². The van der Waals surface area contributed by atoms with Crippen molar-refractivity contribution in [3.05, 3.63) is 0 Å². The number of piperidine rings is 1. The zero-order valence-electron chi connectivity index (χ0n) is 9.15. The second-order valence-corrected chi connectivity index (χ2v) is 4.53. The van der Waals surface area contributed by atoms with Gasteiger partial charge in [0.2, 0.25) is 0 Å². The summed E-state index contributed by atoms with van der Waals surface area (Å²) in [4.78, 5) is 14.0. The molecular formula is C11H20N2O2. The van der Waals surface area contributed by atoms with Crippen molar-refractivity contribution in [2.24, 2.45) is 11.7 Å². The van der Waals surface area contributed by atoms with Crippen LogP contribution in [0.1, 0.15) is 25.7 Å². The molecule has 2 atom stereocenters. The number of carbonyl (C=O) groups is 1. The molecule has 0 aromatic carbocycles. The largest absolute Gasteiger partial charge is 0.368 e. The fraction of sp³-hybridized carbons (Fsp3) is 0.909. The molecule has 1 amide bonds. The van der Waals surface area contributed by atoms with Gasteiger partial charge in [0.25, 0.3) is 5.91 Å². The number of hydrogen-bond acceptors (Lipinski definition) is 3. The topological polar surface area (TPSA) is 55.6 Å². The summed E-state index contributed by atoms with van der Waals surface area (Å²) in [7, 11) is 0.